The second-order valence-electron chi connectivity index (χ2n) is 4.37. The number of esters is 1. The first kappa shape index (κ1) is 15.5. The highest BCUT2D eigenvalue weighted by Crippen LogP contribution is 2.17. The zero-order valence-corrected chi connectivity index (χ0v) is 12.2. The van der Waals surface area contributed by atoms with E-state index in [4.69, 9.17) is 0 Å². The Balaban J connectivity index is 2.58. The number of carbonyl (C=O) groups excluding carboxylic acids is 1. The van der Waals surface area contributed by atoms with Crippen molar-refractivity contribution in [1.29, 1.82) is 0 Å². The fourth-order valence-electron chi connectivity index (χ4n) is 1.64. The first-order valence-electron chi connectivity index (χ1n) is 5.92. The van der Waals surface area contributed by atoms with Gasteiger partial charge in [0.05, 0.1) is 12.0 Å². The number of ether oxygens (including phenoxy) is 1. The summed E-state index contributed by atoms with van der Waals surface area (Å²) < 4.78 is 27.2. The Kier molecular flexibility index (Phi) is 5.35. The Hall–Kier alpha value is -1.56. The summed E-state index contributed by atoms with van der Waals surface area (Å²) in [5.74, 6) is -0.221. The van der Waals surface area contributed by atoms with Crippen LogP contribution in [-0.2, 0) is 19.4 Å². The highest BCUT2D eigenvalue weighted by atomic mass is 32.2. The third kappa shape index (κ3) is 4.90. The summed E-state index contributed by atoms with van der Waals surface area (Å²) in [6, 6.07) is 6.69. The molecular formula is C13H19NO4S. The number of hydrogen-bond acceptors (Lipinski definition) is 5. The number of sulfone groups is 1. The molecule has 0 heterocycles. The first-order chi connectivity index (χ1) is 8.84. The van der Waals surface area contributed by atoms with Gasteiger partial charge >= 0.3 is 5.97 Å². The minimum absolute atomic E-state index is 0.221. The van der Waals surface area contributed by atoms with Crippen LogP contribution in [-0.4, -0.2) is 41.3 Å². The number of methoxy groups -OCH3 is 1. The summed E-state index contributed by atoms with van der Waals surface area (Å²) in [6.07, 6.45) is 2.25. The molecule has 106 valence electrons. The molecule has 0 atom stereocenters. The van der Waals surface area contributed by atoms with E-state index in [1.807, 2.05) is 11.9 Å². The standard InChI is InChI=1S/C13H19NO4S/c1-14(10-4-5-13(15)18-2)11-6-8-12(9-7-11)19(3,16)17/h6-9H,4-5,10H2,1-3H3. The molecule has 5 nitrogen and oxygen atoms in total. The summed E-state index contributed by atoms with van der Waals surface area (Å²) in [7, 11) is 0.110. The molecule has 1 aromatic carbocycles. The lowest BCUT2D eigenvalue weighted by Gasteiger charge is -2.19. The summed E-state index contributed by atoms with van der Waals surface area (Å²) in [5, 5.41) is 0. The largest absolute Gasteiger partial charge is 0.469 e. The normalized spacial score (nSPS) is 11.1. The second kappa shape index (κ2) is 6.56. The Morgan fingerprint density at radius 2 is 1.84 bits per heavy atom. The molecule has 0 N–H and O–H groups in total. The Morgan fingerprint density at radius 3 is 2.32 bits per heavy atom. The van der Waals surface area contributed by atoms with E-state index in [1.54, 1.807) is 24.3 Å². The van der Waals surface area contributed by atoms with Crippen LogP contribution in [0.5, 0.6) is 0 Å². The summed E-state index contributed by atoms with van der Waals surface area (Å²) >= 11 is 0. The van der Waals surface area contributed by atoms with Gasteiger partial charge in [-0.05, 0) is 30.7 Å². The average Bonchev–Trinajstić information content (AvgIpc) is 2.37. The van der Waals surface area contributed by atoms with Crippen molar-refractivity contribution in [3.05, 3.63) is 24.3 Å². The number of carbonyl (C=O) groups is 1. The molecule has 0 radical (unpaired) electrons. The van der Waals surface area contributed by atoms with E-state index in [9.17, 15) is 13.2 Å². The Labute approximate surface area is 114 Å². The van der Waals surface area contributed by atoms with Crippen LogP contribution in [0.15, 0.2) is 29.2 Å². The molecule has 0 fully saturated rings. The van der Waals surface area contributed by atoms with Crippen LogP contribution >= 0.6 is 0 Å². The lowest BCUT2D eigenvalue weighted by molar-refractivity contribution is -0.140. The molecule has 6 heteroatoms. The van der Waals surface area contributed by atoms with Gasteiger partial charge in [-0.1, -0.05) is 0 Å². The maximum atomic E-state index is 11.3. The van der Waals surface area contributed by atoms with Crippen molar-refractivity contribution in [3.8, 4) is 0 Å². The number of anilines is 1. The average molecular weight is 285 g/mol. The van der Waals surface area contributed by atoms with Crippen molar-refractivity contribution in [2.75, 3.05) is 31.9 Å². The molecule has 1 aromatic rings. The van der Waals surface area contributed by atoms with Crippen LogP contribution in [0.25, 0.3) is 0 Å². The van der Waals surface area contributed by atoms with E-state index in [0.29, 0.717) is 24.3 Å². The molecule has 0 spiro atoms. The predicted octanol–water partition coefficient (Wildman–Crippen LogP) is 1.48. The van der Waals surface area contributed by atoms with Crippen LogP contribution in [0.1, 0.15) is 12.8 Å². The van der Waals surface area contributed by atoms with Crippen LogP contribution < -0.4 is 4.90 Å². The van der Waals surface area contributed by atoms with Crippen LogP contribution in [0.2, 0.25) is 0 Å². The molecule has 0 aliphatic carbocycles. The van der Waals surface area contributed by atoms with Crippen molar-refractivity contribution < 1.29 is 17.9 Å². The zero-order chi connectivity index (χ0) is 14.5. The fourth-order valence-corrected chi connectivity index (χ4v) is 2.27. The Morgan fingerprint density at radius 1 is 1.26 bits per heavy atom. The molecule has 0 bridgehead atoms. The first-order valence-corrected chi connectivity index (χ1v) is 7.82. The molecule has 0 aromatic heterocycles. The maximum absolute atomic E-state index is 11.3. The van der Waals surface area contributed by atoms with Crippen LogP contribution in [0.4, 0.5) is 5.69 Å². The molecule has 0 aliphatic rings. The van der Waals surface area contributed by atoms with E-state index >= 15 is 0 Å². The third-order valence-electron chi connectivity index (χ3n) is 2.81. The van der Waals surface area contributed by atoms with Crippen molar-refractivity contribution in [2.24, 2.45) is 0 Å². The van der Waals surface area contributed by atoms with E-state index in [2.05, 4.69) is 4.74 Å². The van der Waals surface area contributed by atoms with Gasteiger partial charge in [0, 0.05) is 32.0 Å². The number of nitrogens with zero attached hydrogens (tertiary/aromatic N) is 1. The van der Waals surface area contributed by atoms with E-state index in [-0.39, 0.29) is 5.97 Å². The molecular weight excluding hydrogens is 266 g/mol. The quantitative estimate of drug-likeness (QED) is 0.741. The third-order valence-corrected chi connectivity index (χ3v) is 3.94. The molecule has 19 heavy (non-hydrogen) atoms. The summed E-state index contributed by atoms with van der Waals surface area (Å²) in [4.78, 5) is 13.2. The van der Waals surface area contributed by atoms with Gasteiger partial charge in [-0.3, -0.25) is 4.79 Å². The van der Waals surface area contributed by atoms with Crippen molar-refractivity contribution in [2.45, 2.75) is 17.7 Å². The van der Waals surface area contributed by atoms with Crippen molar-refractivity contribution >= 4 is 21.5 Å². The number of benzene rings is 1. The fraction of sp³-hybridized carbons (Fsp3) is 0.462. The lowest BCUT2D eigenvalue weighted by Crippen LogP contribution is -2.19. The van der Waals surface area contributed by atoms with Crippen molar-refractivity contribution in [1.82, 2.24) is 0 Å². The van der Waals surface area contributed by atoms with Gasteiger partial charge in [0.25, 0.3) is 0 Å². The number of rotatable bonds is 6. The Bertz CT molecular complexity index is 522. The predicted molar refractivity (Wildman–Crippen MR) is 74.1 cm³/mol. The molecule has 0 saturated heterocycles. The van der Waals surface area contributed by atoms with E-state index in [1.165, 1.54) is 13.4 Å². The SMILES string of the molecule is COC(=O)CCCN(C)c1ccc(S(C)(=O)=O)cc1. The van der Waals surface area contributed by atoms with Gasteiger partial charge in [-0.15, -0.1) is 0 Å². The summed E-state index contributed by atoms with van der Waals surface area (Å²) in [6.45, 7) is 0.702. The smallest absolute Gasteiger partial charge is 0.305 e. The van der Waals surface area contributed by atoms with Gasteiger partial charge in [-0.2, -0.15) is 0 Å². The van der Waals surface area contributed by atoms with Gasteiger partial charge in [-0.25, -0.2) is 8.42 Å². The van der Waals surface area contributed by atoms with E-state index < -0.39 is 9.84 Å². The van der Waals surface area contributed by atoms with Gasteiger partial charge in [0.2, 0.25) is 0 Å². The van der Waals surface area contributed by atoms with Gasteiger partial charge in [0.15, 0.2) is 9.84 Å². The van der Waals surface area contributed by atoms with Gasteiger partial charge in [0.1, 0.15) is 0 Å². The maximum Gasteiger partial charge on any atom is 0.305 e. The zero-order valence-electron chi connectivity index (χ0n) is 11.4. The number of hydrogen-bond donors (Lipinski definition) is 0. The monoisotopic (exact) mass is 285 g/mol. The molecule has 0 saturated carbocycles. The molecule has 0 unspecified atom stereocenters. The van der Waals surface area contributed by atoms with Crippen LogP contribution in [0.3, 0.4) is 0 Å². The minimum atomic E-state index is -3.16. The van der Waals surface area contributed by atoms with Gasteiger partial charge < -0.3 is 9.64 Å². The van der Waals surface area contributed by atoms with Crippen LogP contribution in [0, 0.1) is 0 Å². The highest BCUT2D eigenvalue weighted by Gasteiger charge is 2.08. The summed E-state index contributed by atoms with van der Waals surface area (Å²) in [5.41, 5.74) is 0.914. The van der Waals surface area contributed by atoms with E-state index in [0.717, 1.165) is 5.69 Å². The topological polar surface area (TPSA) is 63.7 Å². The highest BCUT2D eigenvalue weighted by molar-refractivity contribution is 7.90. The molecule has 1 rings (SSSR count). The minimum Gasteiger partial charge on any atom is -0.469 e. The second-order valence-corrected chi connectivity index (χ2v) is 6.38. The molecule has 0 amide bonds. The lowest BCUT2D eigenvalue weighted by atomic mass is 10.2. The van der Waals surface area contributed by atoms with Crippen molar-refractivity contribution in [3.63, 3.8) is 0 Å². The molecule has 0 aliphatic heterocycles.